The van der Waals surface area contributed by atoms with Gasteiger partial charge in [0.05, 0.1) is 13.2 Å². The van der Waals surface area contributed by atoms with Gasteiger partial charge in [-0.25, -0.2) is 0 Å². The third kappa shape index (κ3) is 5.34. The van der Waals surface area contributed by atoms with Crippen LogP contribution in [0.25, 0.3) is 0 Å². The number of nitrogens with zero attached hydrogens (tertiary/aromatic N) is 1. The molecule has 0 spiro atoms. The van der Waals surface area contributed by atoms with Crippen molar-refractivity contribution in [3.8, 4) is 0 Å². The Morgan fingerprint density at radius 3 is 2.80 bits per heavy atom. The first-order chi connectivity index (χ1) is 9.58. The number of hydrogen-bond acceptors (Lipinski definition) is 3. The minimum absolute atomic E-state index is 0.0442. The van der Waals surface area contributed by atoms with Crippen LogP contribution in [0.2, 0.25) is 0 Å². The summed E-state index contributed by atoms with van der Waals surface area (Å²) in [4.78, 5) is 23.5. The second kappa shape index (κ2) is 8.76. The summed E-state index contributed by atoms with van der Waals surface area (Å²) in [7, 11) is 1.56. The van der Waals surface area contributed by atoms with E-state index < -0.39 is 0 Å². The lowest BCUT2D eigenvalue weighted by molar-refractivity contribution is -0.120. The zero-order valence-electron chi connectivity index (χ0n) is 11.7. The predicted octanol–water partition coefficient (Wildman–Crippen LogP) is 1.15. The fourth-order valence-electron chi connectivity index (χ4n) is 1.70. The summed E-state index contributed by atoms with van der Waals surface area (Å²) in [6, 6.07) is 1.74. The minimum Gasteiger partial charge on any atom is -0.383 e. The zero-order chi connectivity index (χ0) is 15.0. The average molecular weight is 346 g/mol. The molecule has 1 aromatic heterocycles. The molecule has 6 nitrogen and oxygen atoms in total. The van der Waals surface area contributed by atoms with Crippen LogP contribution in [-0.2, 0) is 16.1 Å². The van der Waals surface area contributed by atoms with E-state index >= 15 is 0 Å². The van der Waals surface area contributed by atoms with Gasteiger partial charge in [0.2, 0.25) is 5.91 Å². The molecule has 0 fully saturated rings. The minimum atomic E-state index is -0.258. The topological polar surface area (TPSA) is 72.4 Å². The summed E-state index contributed by atoms with van der Waals surface area (Å²) in [5, 5.41) is 5.24. The van der Waals surface area contributed by atoms with Crippen molar-refractivity contribution < 1.29 is 14.3 Å². The lowest BCUT2D eigenvalue weighted by Crippen LogP contribution is -2.38. The Kier molecular flexibility index (Phi) is 7.32. The molecule has 20 heavy (non-hydrogen) atoms. The smallest absolute Gasteiger partial charge is 0.268 e. The van der Waals surface area contributed by atoms with E-state index in [1.54, 1.807) is 13.2 Å². The Labute approximate surface area is 127 Å². The lowest BCUT2D eigenvalue weighted by Gasteiger charge is -2.09. The van der Waals surface area contributed by atoms with Gasteiger partial charge in [0.15, 0.2) is 0 Å². The van der Waals surface area contributed by atoms with Gasteiger partial charge in [-0.2, -0.15) is 0 Å². The van der Waals surface area contributed by atoms with Crippen LogP contribution < -0.4 is 10.6 Å². The van der Waals surface area contributed by atoms with Crippen molar-refractivity contribution in [1.82, 2.24) is 15.2 Å². The maximum atomic E-state index is 12.0. The normalized spacial score (nSPS) is 10.3. The highest BCUT2D eigenvalue weighted by molar-refractivity contribution is 9.10. The van der Waals surface area contributed by atoms with Crippen LogP contribution in [-0.4, -0.2) is 43.2 Å². The van der Waals surface area contributed by atoms with E-state index in [-0.39, 0.29) is 18.4 Å². The van der Waals surface area contributed by atoms with Crippen LogP contribution >= 0.6 is 15.9 Å². The van der Waals surface area contributed by atoms with Gasteiger partial charge >= 0.3 is 0 Å². The van der Waals surface area contributed by atoms with Gasteiger partial charge < -0.3 is 19.9 Å². The van der Waals surface area contributed by atoms with Crippen LogP contribution in [0.5, 0.6) is 0 Å². The van der Waals surface area contributed by atoms with E-state index in [4.69, 9.17) is 4.74 Å². The van der Waals surface area contributed by atoms with Crippen molar-refractivity contribution in [2.45, 2.75) is 19.9 Å². The lowest BCUT2D eigenvalue weighted by atomic mass is 10.3. The monoisotopic (exact) mass is 345 g/mol. The van der Waals surface area contributed by atoms with Crippen LogP contribution in [0.3, 0.4) is 0 Å². The maximum Gasteiger partial charge on any atom is 0.268 e. The van der Waals surface area contributed by atoms with Gasteiger partial charge in [0.25, 0.3) is 5.91 Å². The third-order valence-electron chi connectivity index (χ3n) is 2.60. The van der Waals surface area contributed by atoms with Crippen molar-refractivity contribution in [1.29, 1.82) is 0 Å². The number of amides is 2. The van der Waals surface area contributed by atoms with Crippen molar-refractivity contribution in [3.05, 3.63) is 22.4 Å². The summed E-state index contributed by atoms with van der Waals surface area (Å²) in [5.74, 6) is -0.492. The number of methoxy groups -OCH3 is 1. The summed E-state index contributed by atoms with van der Waals surface area (Å²) >= 11 is 3.35. The van der Waals surface area contributed by atoms with Crippen molar-refractivity contribution in [2.24, 2.45) is 0 Å². The number of carbonyl (C=O) groups excluding carboxylic acids is 2. The molecular formula is C13H20BrN3O3. The average Bonchev–Trinajstić information content (AvgIpc) is 2.78. The molecule has 0 aromatic carbocycles. The Morgan fingerprint density at radius 2 is 2.15 bits per heavy atom. The van der Waals surface area contributed by atoms with Crippen molar-refractivity contribution in [2.75, 3.05) is 26.8 Å². The van der Waals surface area contributed by atoms with E-state index in [0.29, 0.717) is 18.8 Å². The quantitative estimate of drug-likeness (QED) is 0.694. The Balaban J connectivity index is 2.48. The van der Waals surface area contributed by atoms with E-state index in [1.165, 1.54) is 0 Å². The molecule has 0 aliphatic carbocycles. The fourth-order valence-corrected chi connectivity index (χ4v) is 2.16. The van der Waals surface area contributed by atoms with Gasteiger partial charge in [-0.1, -0.05) is 6.92 Å². The third-order valence-corrected chi connectivity index (χ3v) is 3.03. The Bertz CT molecular complexity index is 460. The predicted molar refractivity (Wildman–Crippen MR) is 79.6 cm³/mol. The molecule has 7 heteroatoms. The highest BCUT2D eigenvalue weighted by Crippen LogP contribution is 2.15. The number of nitrogens with one attached hydrogen (secondary N) is 2. The molecule has 0 unspecified atom stereocenters. The van der Waals surface area contributed by atoms with E-state index in [0.717, 1.165) is 17.4 Å². The number of aromatic nitrogens is 1. The first-order valence-corrected chi connectivity index (χ1v) is 7.27. The molecule has 112 valence electrons. The van der Waals surface area contributed by atoms with E-state index in [2.05, 4.69) is 26.6 Å². The van der Waals surface area contributed by atoms with Gasteiger partial charge in [0, 0.05) is 30.9 Å². The number of ether oxygens (including phenoxy) is 1. The summed E-state index contributed by atoms with van der Waals surface area (Å²) in [5.41, 5.74) is 0.545. The molecule has 2 amide bonds. The van der Waals surface area contributed by atoms with Crippen molar-refractivity contribution in [3.63, 3.8) is 0 Å². The second-order valence-electron chi connectivity index (χ2n) is 4.26. The first-order valence-electron chi connectivity index (χ1n) is 6.48. The van der Waals surface area contributed by atoms with E-state index in [9.17, 15) is 9.59 Å². The maximum absolute atomic E-state index is 12.0. The molecule has 0 radical (unpaired) electrons. The molecule has 0 saturated carbocycles. The molecule has 1 heterocycles. The second-order valence-corrected chi connectivity index (χ2v) is 5.18. The van der Waals surface area contributed by atoms with Crippen LogP contribution in [0.15, 0.2) is 16.7 Å². The van der Waals surface area contributed by atoms with Crippen molar-refractivity contribution >= 4 is 27.7 Å². The van der Waals surface area contributed by atoms with Gasteiger partial charge in [-0.05, 0) is 28.4 Å². The molecule has 0 bridgehead atoms. The Morgan fingerprint density at radius 1 is 1.40 bits per heavy atom. The summed E-state index contributed by atoms with van der Waals surface area (Å²) in [6.07, 6.45) is 2.79. The number of rotatable bonds is 8. The molecule has 0 atom stereocenters. The van der Waals surface area contributed by atoms with Crippen LogP contribution in [0.1, 0.15) is 23.8 Å². The molecule has 0 saturated heterocycles. The fraction of sp³-hybridized carbons (Fsp3) is 0.538. The largest absolute Gasteiger partial charge is 0.383 e. The Hall–Kier alpha value is -1.34. The standard InChI is InChI=1S/C13H20BrN3O3/c1-3-5-17-9-10(14)7-11(17)13(19)16-8-12(18)15-4-6-20-2/h7,9H,3-6,8H2,1-2H3,(H,15,18)(H,16,19). The number of aryl methyl sites for hydroxylation is 1. The first kappa shape index (κ1) is 16.7. The summed E-state index contributed by atoms with van der Waals surface area (Å²) < 4.78 is 7.53. The summed E-state index contributed by atoms with van der Waals surface area (Å²) in [6.45, 7) is 3.64. The molecule has 2 N–H and O–H groups in total. The van der Waals surface area contributed by atoms with Gasteiger partial charge in [-0.15, -0.1) is 0 Å². The highest BCUT2D eigenvalue weighted by atomic mass is 79.9. The molecule has 1 aromatic rings. The molecular weight excluding hydrogens is 326 g/mol. The van der Waals surface area contributed by atoms with Gasteiger partial charge in [0.1, 0.15) is 5.69 Å². The molecule has 0 aliphatic rings. The van der Waals surface area contributed by atoms with Crippen LogP contribution in [0.4, 0.5) is 0 Å². The number of hydrogen-bond donors (Lipinski definition) is 2. The van der Waals surface area contributed by atoms with Crippen LogP contribution in [0, 0.1) is 0 Å². The number of carbonyl (C=O) groups is 2. The number of halogens is 1. The van der Waals surface area contributed by atoms with E-state index in [1.807, 2.05) is 17.7 Å². The zero-order valence-corrected chi connectivity index (χ0v) is 13.3. The molecule has 1 rings (SSSR count). The van der Waals surface area contributed by atoms with Gasteiger partial charge in [-0.3, -0.25) is 9.59 Å². The SMILES string of the molecule is CCCn1cc(Br)cc1C(=O)NCC(=O)NCCOC. The molecule has 0 aliphatic heterocycles. The highest BCUT2D eigenvalue weighted by Gasteiger charge is 2.13.